The summed E-state index contributed by atoms with van der Waals surface area (Å²) in [5.41, 5.74) is 0.845. The highest BCUT2D eigenvalue weighted by Gasteiger charge is 2.03. The van der Waals surface area contributed by atoms with E-state index in [9.17, 15) is 4.39 Å². The lowest BCUT2D eigenvalue weighted by Crippen LogP contribution is -2.03. The first-order valence-corrected chi connectivity index (χ1v) is 5.96. The summed E-state index contributed by atoms with van der Waals surface area (Å²) in [5, 5.41) is 3.25. The Balaban J connectivity index is 2.33. The average Bonchev–Trinajstić information content (AvgIpc) is 2.35. The van der Waals surface area contributed by atoms with E-state index in [0.29, 0.717) is 5.75 Å². The predicted octanol–water partition coefficient (Wildman–Crippen LogP) is 3.99. The van der Waals surface area contributed by atoms with Crippen LogP contribution in [0.4, 0.5) is 10.1 Å². The maximum atomic E-state index is 12.9. The number of rotatable bonds is 8. The van der Waals surface area contributed by atoms with Crippen LogP contribution >= 0.6 is 0 Å². The zero-order chi connectivity index (χ0) is 12.5. The lowest BCUT2D eigenvalue weighted by molar-refractivity contribution is 0.413. The van der Waals surface area contributed by atoms with E-state index in [1.807, 2.05) is 6.08 Å². The Hall–Kier alpha value is -1.51. The Morgan fingerprint density at radius 3 is 2.88 bits per heavy atom. The summed E-state index contributed by atoms with van der Waals surface area (Å²) in [6.07, 6.45) is 6.44. The zero-order valence-corrected chi connectivity index (χ0v) is 10.3. The molecule has 0 heterocycles. The van der Waals surface area contributed by atoms with Gasteiger partial charge in [0.2, 0.25) is 0 Å². The van der Waals surface area contributed by atoms with Crippen LogP contribution in [-0.2, 0) is 0 Å². The Morgan fingerprint density at radius 1 is 1.35 bits per heavy atom. The molecule has 0 fully saturated rings. The molecule has 0 aromatic heterocycles. The molecule has 0 saturated carbocycles. The van der Waals surface area contributed by atoms with Crippen LogP contribution < -0.4 is 10.1 Å². The maximum absolute atomic E-state index is 12.9. The topological polar surface area (TPSA) is 21.3 Å². The summed E-state index contributed by atoms with van der Waals surface area (Å²) in [5.74, 6) is 0.273. The van der Waals surface area contributed by atoms with E-state index in [1.54, 1.807) is 13.2 Å². The fourth-order valence-electron chi connectivity index (χ4n) is 1.62. The number of nitrogens with one attached hydrogen (secondary N) is 1. The van der Waals surface area contributed by atoms with E-state index < -0.39 is 0 Å². The van der Waals surface area contributed by atoms with E-state index >= 15 is 0 Å². The van der Waals surface area contributed by atoms with Crippen molar-refractivity contribution < 1.29 is 9.13 Å². The van der Waals surface area contributed by atoms with Gasteiger partial charge in [-0.3, -0.25) is 0 Å². The summed E-state index contributed by atoms with van der Waals surface area (Å²) in [6, 6.07) is 4.53. The molecule has 3 heteroatoms. The van der Waals surface area contributed by atoms with Crippen LogP contribution in [-0.4, -0.2) is 13.7 Å². The minimum Gasteiger partial charge on any atom is -0.494 e. The van der Waals surface area contributed by atoms with Gasteiger partial charge in [0, 0.05) is 12.6 Å². The number of benzene rings is 1. The number of allylic oxidation sites excluding steroid dienone is 1. The molecule has 0 unspecified atom stereocenters. The van der Waals surface area contributed by atoms with E-state index in [4.69, 9.17) is 4.74 Å². The van der Waals surface area contributed by atoms with Crippen molar-refractivity contribution in [2.75, 3.05) is 19.0 Å². The Labute approximate surface area is 102 Å². The molecule has 94 valence electrons. The van der Waals surface area contributed by atoms with E-state index in [2.05, 4.69) is 11.9 Å². The van der Waals surface area contributed by atoms with Gasteiger partial charge < -0.3 is 10.1 Å². The molecule has 1 N–H and O–H groups in total. The molecular formula is C14H20FNO. The van der Waals surface area contributed by atoms with Crippen molar-refractivity contribution in [2.24, 2.45) is 0 Å². The second-order valence-electron chi connectivity index (χ2n) is 3.91. The van der Waals surface area contributed by atoms with Gasteiger partial charge in [-0.2, -0.15) is 0 Å². The van der Waals surface area contributed by atoms with Gasteiger partial charge >= 0.3 is 0 Å². The summed E-state index contributed by atoms with van der Waals surface area (Å²) in [6.45, 7) is 4.56. The van der Waals surface area contributed by atoms with Crippen molar-refractivity contribution in [3.05, 3.63) is 36.7 Å². The number of hydrogen-bond acceptors (Lipinski definition) is 2. The lowest BCUT2D eigenvalue weighted by Gasteiger charge is -2.10. The Bertz CT molecular complexity index is 352. The fourth-order valence-corrected chi connectivity index (χ4v) is 1.62. The van der Waals surface area contributed by atoms with Crippen molar-refractivity contribution in [1.29, 1.82) is 0 Å². The standard InChI is InChI=1S/C14H20FNO/c1-3-4-5-6-7-10-16-13-9-8-12(15)11-14(13)17-2/h3,8-9,11,16H,1,4-7,10H2,2H3. The van der Waals surface area contributed by atoms with Crippen molar-refractivity contribution in [2.45, 2.75) is 25.7 Å². The molecule has 0 radical (unpaired) electrons. The molecule has 0 spiro atoms. The first-order valence-electron chi connectivity index (χ1n) is 5.96. The summed E-state index contributed by atoms with van der Waals surface area (Å²) in [4.78, 5) is 0. The molecule has 0 amide bonds. The molecule has 1 rings (SSSR count). The van der Waals surface area contributed by atoms with E-state index in [0.717, 1.165) is 25.1 Å². The van der Waals surface area contributed by atoms with Crippen LogP contribution in [0.25, 0.3) is 0 Å². The first kappa shape index (κ1) is 13.6. The van der Waals surface area contributed by atoms with Gasteiger partial charge in [0.15, 0.2) is 0 Å². The molecule has 1 aromatic carbocycles. The molecule has 0 aliphatic heterocycles. The van der Waals surface area contributed by atoms with Crippen LogP contribution in [0.15, 0.2) is 30.9 Å². The molecule has 1 aromatic rings. The minimum atomic E-state index is -0.279. The van der Waals surface area contributed by atoms with Crippen LogP contribution in [0.1, 0.15) is 25.7 Å². The summed E-state index contributed by atoms with van der Waals surface area (Å²) < 4.78 is 18.1. The highest BCUT2D eigenvalue weighted by molar-refractivity contribution is 5.56. The summed E-state index contributed by atoms with van der Waals surface area (Å²) >= 11 is 0. The normalized spacial score (nSPS) is 10.0. The number of methoxy groups -OCH3 is 1. The first-order chi connectivity index (χ1) is 8.27. The third-order valence-electron chi connectivity index (χ3n) is 2.56. The van der Waals surface area contributed by atoms with Gasteiger partial charge in [-0.15, -0.1) is 6.58 Å². The zero-order valence-electron chi connectivity index (χ0n) is 10.3. The van der Waals surface area contributed by atoms with Crippen LogP contribution in [0.3, 0.4) is 0 Å². The highest BCUT2D eigenvalue weighted by atomic mass is 19.1. The number of halogens is 1. The van der Waals surface area contributed by atoms with Crippen molar-refractivity contribution >= 4 is 5.69 Å². The number of anilines is 1. The predicted molar refractivity (Wildman–Crippen MR) is 70.1 cm³/mol. The van der Waals surface area contributed by atoms with Gasteiger partial charge in [0.25, 0.3) is 0 Å². The molecule has 0 atom stereocenters. The molecule has 17 heavy (non-hydrogen) atoms. The van der Waals surface area contributed by atoms with Crippen LogP contribution in [0.2, 0.25) is 0 Å². The SMILES string of the molecule is C=CCCCCCNc1ccc(F)cc1OC. The summed E-state index contributed by atoms with van der Waals surface area (Å²) in [7, 11) is 1.55. The highest BCUT2D eigenvalue weighted by Crippen LogP contribution is 2.24. The molecule has 0 bridgehead atoms. The van der Waals surface area contributed by atoms with E-state index in [1.165, 1.54) is 25.0 Å². The van der Waals surface area contributed by atoms with E-state index in [-0.39, 0.29) is 5.82 Å². The van der Waals surface area contributed by atoms with Crippen molar-refractivity contribution in [1.82, 2.24) is 0 Å². The van der Waals surface area contributed by atoms with Crippen molar-refractivity contribution in [3.63, 3.8) is 0 Å². The Kier molecular flexibility index (Phi) is 6.15. The molecule has 0 aliphatic rings. The molecule has 0 aliphatic carbocycles. The van der Waals surface area contributed by atoms with Gasteiger partial charge in [-0.25, -0.2) is 4.39 Å². The molecular weight excluding hydrogens is 217 g/mol. The molecule has 2 nitrogen and oxygen atoms in total. The third-order valence-corrected chi connectivity index (χ3v) is 2.56. The molecule has 0 saturated heterocycles. The monoisotopic (exact) mass is 237 g/mol. The third kappa shape index (κ3) is 4.89. The average molecular weight is 237 g/mol. The number of hydrogen-bond donors (Lipinski definition) is 1. The van der Waals surface area contributed by atoms with Crippen LogP contribution in [0.5, 0.6) is 5.75 Å². The second kappa shape index (κ2) is 7.71. The maximum Gasteiger partial charge on any atom is 0.144 e. The number of ether oxygens (including phenoxy) is 1. The largest absolute Gasteiger partial charge is 0.494 e. The lowest BCUT2D eigenvalue weighted by atomic mass is 10.2. The fraction of sp³-hybridized carbons (Fsp3) is 0.429. The second-order valence-corrected chi connectivity index (χ2v) is 3.91. The van der Waals surface area contributed by atoms with Crippen molar-refractivity contribution in [3.8, 4) is 5.75 Å². The quantitative estimate of drug-likeness (QED) is 0.545. The smallest absolute Gasteiger partial charge is 0.144 e. The van der Waals surface area contributed by atoms with Gasteiger partial charge in [-0.05, 0) is 31.4 Å². The van der Waals surface area contributed by atoms with Crippen LogP contribution in [0, 0.1) is 5.82 Å². The van der Waals surface area contributed by atoms with Gasteiger partial charge in [-0.1, -0.05) is 12.5 Å². The van der Waals surface area contributed by atoms with Gasteiger partial charge in [0.05, 0.1) is 12.8 Å². The Morgan fingerprint density at radius 2 is 2.18 bits per heavy atom. The number of unbranched alkanes of at least 4 members (excludes halogenated alkanes) is 3. The minimum absolute atomic E-state index is 0.279. The van der Waals surface area contributed by atoms with Gasteiger partial charge in [0.1, 0.15) is 11.6 Å².